The summed E-state index contributed by atoms with van der Waals surface area (Å²) in [6.07, 6.45) is 6.79. The van der Waals surface area contributed by atoms with E-state index >= 15 is 0 Å². The molecule has 0 aliphatic rings. The van der Waals surface area contributed by atoms with Crippen molar-refractivity contribution in [1.82, 2.24) is 5.32 Å². The van der Waals surface area contributed by atoms with Gasteiger partial charge in [-0.05, 0) is 48.6 Å². The summed E-state index contributed by atoms with van der Waals surface area (Å²) in [7, 11) is 0. The van der Waals surface area contributed by atoms with E-state index in [-0.39, 0.29) is 12.6 Å². The first-order chi connectivity index (χ1) is 12.1. The standard InChI is InChI=1S/C21H24N2O2/c1-4-15-25-19-11-9-17(10-12-19)13-14-22-21(24)23-20-16(3)7-6-8-18(20)5-2/h1,6-12H,5,13-15H2,2-3H3,(H2,22,23,24). The average Bonchev–Trinajstić information content (AvgIpc) is 2.62. The predicted molar refractivity (Wildman–Crippen MR) is 102 cm³/mol. The summed E-state index contributed by atoms with van der Waals surface area (Å²) in [5.74, 6) is 3.18. The number of hydrogen-bond donors (Lipinski definition) is 2. The Morgan fingerprint density at radius 1 is 1.20 bits per heavy atom. The fourth-order valence-electron chi connectivity index (χ4n) is 2.56. The van der Waals surface area contributed by atoms with Crippen molar-refractivity contribution in [1.29, 1.82) is 0 Å². The van der Waals surface area contributed by atoms with Crippen LogP contribution < -0.4 is 15.4 Å². The first-order valence-corrected chi connectivity index (χ1v) is 8.42. The highest BCUT2D eigenvalue weighted by Gasteiger charge is 2.08. The molecule has 0 spiro atoms. The van der Waals surface area contributed by atoms with Crippen LogP contribution in [0, 0.1) is 19.3 Å². The van der Waals surface area contributed by atoms with E-state index in [1.54, 1.807) is 0 Å². The first kappa shape index (κ1) is 18.4. The Kier molecular flexibility index (Phi) is 6.91. The van der Waals surface area contributed by atoms with Gasteiger partial charge in [0, 0.05) is 12.2 Å². The van der Waals surface area contributed by atoms with Crippen LogP contribution in [0.3, 0.4) is 0 Å². The Hall–Kier alpha value is -2.93. The Labute approximate surface area is 149 Å². The van der Waals surface area contributed by atoms with Crippen LogP contribution in [-0.2, 0) is 12.8 Å². The van der Waals surface area contributed by atoms with Gasteiger partial charge in [-0.15, -0.1) is 6.42 Å². The second-order valence-corrected chi connectivity index (χ2v) is 5.73. The van der Waals surface area contributed by atoms with E-state index in [4.69, 9.17) is 11.2 Å². The highest BCUT2D eigenvalue weighted by Crippen LogP contribution is 2.20. The molecule has 2 aromatic rings. The van der Waals surface area contributed by atoms with Crippen molar-refractivity contribution in [3.05, 3.63) is 59.2 Å². The van der Waals surface area contributed by atoms with E-state index in [1.165, 1.54) is 0 Å². The van der Waals surface area contributed by atoms with E-state index in [0.29, 0.717) is 6.54 Å². The lowest BCUT2D eigenvalue weighted by atomic mass is 10.1. The van der Waals surface area contributed by atoms with Gasteiger partial charge >= 0.3 is 6.03 Å². The van der Waals surface area contributed by atoms with Gasteiger partial charge in [-0.1, -0.05) is 43.2 Å². The number of carbonyl (C=O) groups excluding carboxylic acids is 1. The van der Waals surface area contributed by atoms with Crippen LogP contribution in [0.2, 0.25) is 0 Å². The molecule has 2 N–H and O–H groups in total. The third kappa shape index (κ3) is 5.58. The predicted octanol–water partition coefficient (Wildman–Crippen LogP) is 3.93. The fraction of sp³-hybridized carbons (Fsp3) is 0.286. The monoisotopic (exact) mass is 336 g/mol. The van der Waals surface area contributed by atoms with Crippen molar-refractivity contribution in [3.63, 3.8) is 0 Å². The molecule has 0 radical (unpaired) electrons. The number of ether oxygens (including phenoxy) is 1. The molecular formula is C21H24N2O2. The first-order valence-electron chi connectivity index (χ1n) is 8.42. The van der Waals surface area contributed by atoms with Crippen LogP contribution in [0.1, 0.15) is 23.6 Å². The van der Waals surface area contributed by atoms with E-state index in [9.17, 15) is 4.79 Å². The quantitative estimate of drug-likeness (QED) is 0.753. The van der Waals surface area contributed by atoms with Gasteiger partial charge in [-0.2, -0.15) is 0 Å². The molecule has 0 aliphatic carbocycles. The van der Waals surface area contributed by atoms with Crippen molar-refractivity contribution in [3.8, 4) is 18.1 Å². The molecule has 2 amide bonds. The van der Waals surface area contributed by atoms with Crippen LogP contribution in [0.5, 0.6) is 5.75 Å². The zero-order valence-corrected chi connectivity index (χ0v) is 14.8. The lowest BCUT2D eigenvalue weighted by molar-refractivity contribution is 0.252. The molecule has 0 aliphatic heterocycles. The maximum absolute atomic E-state index is 12.1. The van der Waals surface area contributed by atoms with Crippen LogP contribution >= 0.6 is 0 Å². The smallest absolute Gasteiger partial charge is 0.319 e. The van der Waals surface area contributed by atoms with Crippen LogP contribution in [0.15, 0.2) is 42.5 Å². The minimum absolute atomic E-state index is 0.182. The molecule has 2 rings (SSSR count). The van der Waals surface area contributed by atoms with Crippen molar-refractivity contribution in [2.45, 2.75) is 26.7 Å². The Morgan fingerprint density at radius 3 is 2.64 bits per heavy atom. The van der Waals surface area contributed by atoms with Crippen LogP contribution in [0.4, 0.5) is 10.5 Å². The number of benzene rings is 2. The zero-order chi connectivity index (χ0) is 18.1. The second-order valence-electron chi connectivity index (χ2n) is 5.73. The Morgan fingerprint density at radius 2 is 1.96 bits per heavy atom. The van der Waals surface area contributed by atoms with Crippen LogP contribution in [-0.4, -0.2) is 19.2 Å². The van der Waals surface area contributed by atoms with Gasteiger partial charge < -0.3 is 15.4 Å². The number of rotatable bonds is 7. The summed E-state index contributed by atoms with van der Waals surface area (Å²) in [5, 5.41) is 5.86. The molecule has 130 valence electrons. The van der Waals surface area contributed by atoms with E-state index < -0.39 is 0 Å². The lowest BCUT2D eigenvalue weighted by Crippen LogP contribution is -2.31. The summed E-state index contributed by atoms with van der Waals surface area (Å²) < 4.78 is 5.34. The summed E-state index contributed by atoms with van der Waals surface area (Å²) in [6, 6.07) is 13.6. The number of urea groups is 1. The topological polar surface area (TPSA) is 50.4 Å². The van der Waals surface area contributed by atoms with Crippen molar-refractivity contribution in [2.24, 2.45) is 0 Å². The Balaban J connectivity index is 1.82. The average molecular weight is 336 g/mol. The molecule has 4 heteroatoms. The molecule has 4 nitrogen and oxygen atoms in total. The molecule has 0 saturated carbocycles. The lowest BCUT2D eigenvalue weighted by Gasteiger charge is -2.13. The van der Waals surface area contributed by atoms with Crippen molar-refractivity contribution in [2.75, 3.05) is 18.5 Å². The third-order valence-corrected chi connectivity index (χ3v) is 3.92. The van der Waals surface area contributed by atoms with Gasteiger partial charge in [0.25, 0.3) is 0 Å². The normalized spacial score (nSPS) is 9.96. The number of anilines is 1. The molecule has 0 unspecified atom stereocenters. The summed E-state index contributed by atoms with van der Waals surface area (Å²) in [6.45, 7) is 4.90. The number of para-hydroxylation sites is 1. The molecule has 0 aromatic heterocycles. The molecule has 0 bridgehead atoms. The molecule has 0 saturated heterocycles. The van der Waals surface area contributed by atoms with E-state index in [0.717, 1.165) is 41.0 Å². The minimum atomic E-state index is -0.182. The van der Waals surface area contributed by atoms with Gasteiger partial charge in [0.15, 0.2) is 0 Å². The summed E-state index contributed by atoms with van der Waals surface area (Å²) >= 11 is 0. The highest BCUT2D eigenvalue weighted by molar-refractivity contribution is 5.91. The number of terminal acetylenes is 1. The maximum atomic E-state index is 12.1. The highest BCUT2D eigenvalue weighted by atomic mass is 16.5. The van der Waals surface area contributed by atoms with Gasteiger partial charge in [0.2, 0.25) is 0 Å². The molecular weight excluding hydrogens is 312 g/mol. The fourth-order valence-corrected chi connectivity index (χ4v) is 2.56. The van der Waals surface area contributed by atoms with E-state index in [1.807, 2.05) is 49.4 Å². The van der Waals surface area contributed by atoms with Crippen LogP contribution in [0.25, 0.3) is 0 Å². The molecule has 25 heavy (non-hydrogen) atoms. The minimum Gasteiger partial charge on any atom is -0.481 e. The number of nitrogens with one attached hydrogen (secondary N) is 2. The van der Waals surface area contributed by atoms with E-state index in [2.05, 4.69) is 23.5 Å². The van der Waals surface area contributed by atoms with Gasteiger partial charge in [0.05, 0.1) is 0 Å². The maximum Gasteiger partial charge on any atom is 0.319 e. The zero-order valence-electron chi connectivity index (χ0n) is 14.8. The van der Waals surface area contributed by atoms with Gasteiger partial charge in [-0.3, -0.25) is 0 Å². The number of hydrogen-bond acceptors (Lipinski definition) is 2. The van der Waals surface area contributed by atoms with Gasteiger partial charge in [-0.25, -0.2) is 4.79 Å². The molecule has 0 fully saturated rings. The van der Waals surface area contributed by atoms with Crippen molar-refractivity contribution < 1.29 is 9.53 Å². The second kappa shape index (κ2) is 9.39. The Bertz CT molecular complexity index is 745. The number of aryl methyl sites for hydroxylation is 2. The van der Waals surface area contributed by atoms with Crippen molar-refractivity contribution >= 4 is 11.7 Å². The molecule has 2 aromatic carbocycles. The molecule has 0 heterocycles. The van der Waals surface area contributed by atoms with Gasteiger partial charge in [0.1, 0.15) is 12.4 Å². The summed E-state index contributed by atoms with van der Waals surface area (Å²) in [5.41, 5.74) is 4.23. The summed E-state index contributed by atoms with van der Waals surface area (Å²) in [4.78, 5) is 12.1. The third-order valence-electron chi connectivity index (χ3n) is 3.92. The molecule has 0 atom stereocenters. The number of amides is 2. The SMILES string of the molecule is C#CCOc1ccc(CCNC(=O)Nc2c(C)cccc2CC)cc1. The number of carbonyl (C=O) groups is 1. The largest absolute Gasteiger partial charge is 0.481 e.